The molecule has 8 rings (SSSR count). The van der Waals surface area contributed by atoms with E-state index in [0.717, 1.165) is 72.5 Å². The number of pyridine rings is 1. The van der Waals surface area contributed by atoms with Crippen molar-refractivity contribution in [3.63, 3.8) is 0 Å². The maximum Gasteiger partial charge on any atom is 0.149 e. The first-order valence-corrected chi connectivity index (χ1v) is 24.0. The van der Waals surface area contributed by atoms with E-state index in [1.54, 1.807) is 6.07 Å². The first-order chi connectivity index (χ1) is 33.1. The van der Waals surface area contributed by atoms with Crippen molar-refractivity contribution in [2.24, 2.45) is 0 Å². The fraction of sp³-hybridized carbons (Fsp3) is 0.333. The van der Waals surface area contributed by atoms with E-state index in [0.29, 0.717) is 28.1 Å². The molecule has 0 amide bonds. The summed E-state index contributed by atoms with van der Waals surface area (Å²) in [7, 11) is 0. The molecule has 0 fully saturated rings. The molecule has 4 nitrogen and oxygen atoms in total. The minimum absolute atomic E-state index is 0.00286. The van der Waals surface area contributed by atoms with Crippen LogP contribution in [0.1, 0.15) is 165 Å². The number of fused-ring (bicyclic) bond motifs is 1. The van der Waals surface area contributed by atoms with E-state index in [4.69, 9.17) is 9.97 Å². The zero-order valence-electron chi connectivity index (χ0n) is 46.1. The Hall–Kier alpha value is -6.26. The summed E-state index contributed by atoms with van der Waals surface area (Å²) >= 11 is 0. The maximum absolute atomic E-state index is 12.4. The summed E-state index contributed by atoms with van der Waals surface area (Å²) in [6.45, 7) is 27.2. The number of nitrogens with zero attached hydrogens (tertiary/aromatic N) is 3. The average molecular weight is 890 g/mol. The molecule has 0 aliphatic rings. The molecule has 0 spiro atoms. The molecule has 67 heavy (non-hydrogen) atoms. The second kappa shape index (κ2) is 18.1. The molecule has 1 N–H and O–H groups in total. The third-order valence-electron chi connectivity index (χ3n) is 13.4. The van der Waals surface area contributed by atoms with Crippen LogP contribution in [0.25, 0.3) is 72.7 Å². The molecular formula is C63H71N3O. The van der Waals surface area contributed by atoms with Gasteiger partial charge in [-0.2, -0.15) is 0 Å². The van der Waals surface area contributed by atoms with Gasteiger partial charge in [-0.25, -0.2) is 4.98 Å². The number of phenols is 1. The van der Waals surface area contributed by atoms with Crippen molar-refractivity contribution in [1.82, 2.24) is 14.5 Å². The van der Waals surface area contributed by atoms with Gasteiger partial charge in [0.1, 0.15) is 11.6 Å². The lowest BCUT2D eigenvalue weighted by Gasteiger charge is -2.22. The Kier molecular flexibility index (Phi) is 11.4. The summed E-state index contributed by atoms with van der Waals surface area (Å²) in [6, 6.07) is 41.6. The number of benzene rings is 6. The average Bonchev–Trinajstić information content (AvgIpc) is 3.69. The molecule has 2 heterocycles. The topological polar surface area (TPSA) is 50.9 Å². The number of aromatic hydroxyl groups is 1. The molecule has 6 aromatic carbocycles. The van der Waals surface area contributed by atoms with Gasteiger partial charge in [-0.1, -0.05) is 170 Å². The van der Waals surface area contributed by atoms with E-state index in [9.17, 15) is 10.6 Å². The van der Waals surface area contributed by atoms with Crippen LogP contribution in [-0.2, 0) is 10.8 Å². The standard InChI is InChI=1S/C63H71N3O/c1-37(2)45-34-53(40(7)8)60(67)54(35-45)61-65-59-52(20-17-21-57(59)66(61)56-27-24-44(30-41(56)9)58-50(38(3)4)18-16-19-51(58)39(5)6)46-31-47(33-49(32-46)63(13,14)15)55-36-43(28-29-64-55)42-22-25-48(26-23-42)62(10,11)12/h16-40,67H,1-15H3/i9D3,38D. The van der Waals surface area contributed by atoms with Gasteiger partial charge in [0.15, 0.2) is 0 Å². The van der Waals surface area contributed by atoms with Crippen molar-refractivity contribution >= 4 is 11.0 Å². The molecule has 0 saturated heterocycles. The van der Waals surface area contributed by atoms with E-state index in [2.05, 4.69) is 156 Å². The van der Waals surface area contributed by atoms with Gasteiger partial charge in [-0.05, 0) is 157 Å². The van der Waals surface area contributed by atoms with Gasteiger partial charge in [-0.3, -0.25) is 9.55 Å². The Morgan fingerprint density at radius 3 is 1.87 bits per heavy atom. The number of aromatic nitrogens is 3. The van der Waals surface area contributed by atoms with Gasteiger partial charge in [0.2, 0.25) is 0 Å². The largest absolute Gasteiger partial charge is 0.507 e. The number of phenolic OH excluding ortho intramolecular Hbond substituents is 1. The van der Waals surface area contributed by atoms with Crippen molar-refractivity contribution in [2.45, 2.75) is 138 Å². The summed E-state index contributed by atoms with van der Waals surface area (Å²) in [5.74, 6) is -0.107. The highest BCUT2D eigenvalue weighted by Gasteiger charge is 2.26. The molecule has 0 atom stereocenters. The predicted octanol–water partition coefficient (Wildman–Crippen LogP) is 17.9. The van der Waals surface area contributed by atoms with Crippen molar-refractivity contribution < 1.29 is 10.6 Å². The highest BCUT2D eigenvalue weighted by molar-refractivity contribution is 5.97. The first kappa shape index (κ1) is 42.1. The van der Waals surface area contributed by atoms with Gasteiger partial charge in [0.05, 0.1) is 28.0 Å². The minimum atomic E-state index is -2.56. The first-order valence-electron chi connectivity index (χ1n) is 26.0. The molecule has 0 bridgehead atoms. The van der Waals surface area contributed by atoms with Gasteiger partial charge < -0.3 is 5.11 Å². The molecule has 0 radical (unpaired) electrons. The normalized spacial score (nSPS) is 13.6. The number of aryl methyl sites for hydroxylation is 1. The second-order valence-electron chi connectivity index (χ2n) is 21.7. The number of hydrogen-bond acceptors (Lipinski definition) is 3. The van der Waals surface area contributed by atoms with Crippen molar-refractivity contribution in [2.75, 3.05) is 0 Å². The highest BCUT2D eigenvalue weighted by Crippen LogP contribution is 2.45. The highest BCUT2D eigenvalue weighted by atomic mass is 16.3. The molecule has 4 heteroatoms. The summed E-state index contributed by atoms with van der Waals surface area (Å²) in [6.07, 6.45) is 1.88. The fourth-order valence-electron chi connectivity index (χ4n) is 9.35. The van der Waals surface area contributed by atoms with Gasteiger partial charge in [0.25, 0.3) is 0 Å². The summed E-state index contributed by atoms with van der Waals surface area (Å²) in [5, 5.41) is 12.4. The second-order valence-corrected chi connectivity index (χ2v) is 21.7. The van der Waals surface area contributed by atoms with Crippen LogP contribution < -0.4 is 0 Å². The van der Waals surface area contributed by atoms with Gasteiger partial charge in [-0.15, -0.1) is 0 Å². The molecule has 2 aromatic heterocycles. The van der Waals surface area contributed by atoms with Gasteiger partial charge >= 0.3 is 0 Å². The molecular weight excluding hydrogens is 815 g/mol. The van der Waals surface area contributed by atoms with Crippen molar-refractivity contribution in [3.05, 3.63) is 166 Å². The van der Waals surface area contributed by atoms with E-state index in [1.165, 1.54) is 5.56 Å². The Morgan fingerprint density at radius 1 is 0.567 bits per heavy atom. The van der Waals surface area contributed by atoms with E-state index in [-0.39, 0.29) is 39.9 Å². The zero-order valence-corrected chi connectivity index (χ0v) is 42.1. The maximum atomic E-state index is 12.4. The summed E-state index contributed by atoms with van der Waals surface area (Å²) < 4.78 is 38.6. The van der Waals surface area contributed by atoms with E-state index in [1.807, 2.05) is 67.1 Å². The molecule has 0 aliphatic heterocycles. The van der Waals surface area contributed by atoms with E-state index < -0.39 is 12.7 Å². The molecule has 0 aliphatic carbocycles. The van der Waals surface area contributed by atoms with Crippen LogP contribution in [-0.4, -0.2) is 19.6 Å². The predicted molar refractivity (Wildman–Crippen MR) is 286 cm³/mol. The lowest BCUT2D eigenvalue weighted by Crippen LogP contribution is -2.11. The number of para-hydroxylation sites is 1. The van der Waals surface area contributed by atoms with Crippen LogP contribution in [0.15, 0.2) is 128 Å². The Balaban J connectivity index is 1.42. The number of hydrogen-bond donors (Lipinski definition) is 1. The van der Waals surface area contributed by atoms with Gasteiger partial charge in [0, 0.05) is 22.8 Å². The summed E-state index contributed by atoms with van der Waals surface area (Å²) in [4.78, 5) is 10.5. The fourth-order valence-corrected chi connectivity index (χ4v) is 9.35. The van der Waals surface area contributed by atoms with Crippen molar-refractivity contribution in [3.8, 4) is 67.5 Å². The van der Waals surface area contributed by atoms with Crippen molar-refractivity contribution in [1.29, 1.82) is 0 Å². The van der Waals surface area contributed by atoms with Crippen LogP contribution in [0.3, 0.4) is 0 Å². The van der Waals surface area contributed by atoms with Crippen LogP contribution in [0.4, 0.5) is 0 Å². The summed E-state index contributed by atoms with van der Waals surface area (Å²) in [5.41, 5.74) is 15.9. The molecule has 8 aromatic rings. The third kappa shape index (κ3) is 9.25. The number of imidazole rings is 1. The Labute approximate surface area is 406 Å². The van der Waals surface area contributed by atoms with E-state index >= 15 is 0 Å². The SMILES string of the molecule is [2H]C([2H])([2H])c1cc(-c2c(C(C)C)cccc2C([2H])(C)C)ccc1-n1c(-c2cc(C(C)C)cc(C(C)C)c2O)nc2c(-c3cc(-c4cc(-c5ccc(C(C)(C)C)cc5)ccn4)cc(C(C)(C)C)c3)cccc21. The number of rotatable bonds is 10. The molecule has 0 unspecified atom stereocenters. The lowest BCUT2D eigenvalue weighted by molar-refractivity contribution is 0.466. The smallest absolute Gasteiger partial charge is 0.149 e. The monoisotopic (exact) mass is 890 g/mol. The lowest BCUT2D eigenvalue weighted by atomic mass is 9.83. The molecule has 0 saturated carbocycles. The van der Waals surface area contributed by atoms with Crippen LogP contribution >= 0.6 is 0 Å². The minimum Gasteiger partial charge on any atom is -0.507 e. The quantitative estimate of drug-likeness (QED) is 0.149. The van der Waals surface area contributed by atoms with Crippen LogP contribution in [0.2, 0.25) is 0 Å². The third-order valence-corrected chi connectivity index (χ3v) is 13.4. The van der Waals surface area contributed by atoms with Crippen LogP contribution in [0.5, 0.6) is 5.75 Å². The molecule has 344 valence electrons. The van der Waals surface area contributed by atoms with Crippen LogP contribution in [0, 0.1) is 6.85 Å². The zero-order chi connectivity index (χ0) is 51.7. The Bertz CT molecular complexity index is 3280. The Morgan fingerprint density at radius 2 is 1.22 bits per heavy atom.